The lowest BCUT2D eigenvalue weighted by atomic mass is 10.1. The molecule has 0 atom stereocenters. The van der Waals surface area contributed by atoms with Crippen molar-refractivity contribution in [1.82, 2.24) is 9.97 Å². The van der Waals surface area contributed by atoms with Crippen molar-refractivity contribution in [2.24, 2.45) is 0 Å². The Kier molecular flexibility index (Phi) is 3.89. The average molecular weight is 361 g/mol. The van der Waals surface area contributed by atoms with E-state index in [9.17, 15) is 20.4 Å². The first-order chi connectivity index (χ1) is 13.0. The Morgan fingerprint density at radius 3 is 2.11 bits per heavy atom. The number of para-hydroxylation sites is 1. The number of nitrogens with zero attached hydrogens (tertiary/aromatic N) is 2. The second kappa shape index (κ2) is 6.38. The quantitative estimate of drug-likeness (QED) is 0.278. The number of phenols is 4. The summed E-state index contributed by atoms with van der Waals surface area (Å²) in [6, 6.07) is 16.5. The van der Waals surface area contributed by atoms with Crippen LogP contribution in [0.2, 0.25) is 0 Å². The maximum absolute atomic E-state index is 9.78. The molecule has 0 aliphatic heterocycles. The number of benzene rings is 3. The third-order valence-corrected chi connectivity index (χ3v) is 4.06. The number of hydrogen-bond donors (Lipinski definition) is 5. The van der Waals surface area contributed by atoms with Gasteiger partial charge in [0.15, 0.2) is 23.1 Å². The maximum Gasteiger partial charge on any atom is 0.200 e. The topological polar surface area (TPSA) is 119 Å². The van der Waals surface area contributed by atoms with Gasteiger partial charge in [-0.3, -0.25) is 0 Å². The zero-order chi connectivity index (χ0) is 19.0. The van der Waals surface area contributed by atoms with E-state index in [1.54, 1.807) is 24.3 Å². The first kappa shape index (κ1) is 16.5. The molecule has 3 aromatic carbocycles. The Morgan fingerprint density at radius 1 is 0.741 bits per heavy atom. The second-order valence-corrected chi connectivity index (χ2v) is 5.95. The average Bonchev–Trinajstić information content (AvgIpc) is 2.67. The van der Waals surface area contributed by atoms with Crippen LogP contribution in [0.15, 0.2) is 60.7 Å². The molecule has 134 valence electrons. The summed E-state index contributed by atoms with van der Waals surface area (Å²) in [5.41, 5.74) is 1.73. The molecule has 0 saturated carbocycles. The second-order valence-electron chi connectivity index (χ2n) is 5.95. The number of phenolic OH excluding ortho intramolecular Hbond substituents is 4. The summed E-state index contributed by atoms with van der Waals surface area (Å²) in [5, 5.41) is 42.5. The van der Waals surface area contributed by atoms with Crippen LogP contribution >= 0.6 is 0 Å². The Bertz CT molecular complexity index is 1120. The van der Waals surface area contributed by atoms with Crippen LogP contribution in [-0.2, 0) is 0 Å². The molecule has 0 unspecified atom stereocenters. The standard InChI is InChI=1S/C20H15N3O4/c24-13-7-5-12(6-8-13)21-20-14-3-1-2-4-15(14)22-19(23-20)11-9-16(25)18(27)17(26)10-11/h1-10,24-27H,(H,21,22,23). The number of hydrogen-bond acceptors (Lipinski definition) is 7. The molecule has 0 saturated heterocycles. The van der Waals surface area contributed by atoms with E-state index in [0.29, 0.717) is 16.9 Å². The van der Waals surface area contributed by atoms with Crippen molar-refractivity contribution >= 4 is 22.4 Å². The minimum absolute atomic E-state index is 0.156. The lowest BCUT2D eigenvalue weighted by Crippen LogP contribution is -1.99. The summed E-state index contributed by atoms with van der Waals surface area (Å²) in [6.45, 7) is 0. The minimum atomic E-state index is -0.595. The summed E-state index contributed by atoms with van der Waals surface area (Å²) in [4.78, 5) is 8.99. The van der Waals surface area contributed by atoms with E-state index in [0.717, 1.165) is 11.1 Å². The van der Waals surface area contributed by atoms with Crippen LogP contribution in [0.25, 0.3) is 22.3 Å². The monoisotopic (exact) mass is 361 g/mol. The third-order valence-electron chi connectivity index (χ3n) is 4.06. The molecule has 0 fully saturated rings. The van der Waals surface area contributed by atoms with Crippen LogP contribution < -0.4 is 5.32 Å². The van der Waals surface area contributed by atoms with Gasteiger partial charge in [-0.1, -0.05) is 12.1 Å². The van der Waals surface area contributed by atoms with Crippen LogP contribution in [0, 0.1) is 0 Å². The maximum atomic E-state index is 9.78. The molecule has 1 aromatic heterocycles. The third kappa shape index (κ3) is 3.13. The van der Waals surface area contributed by atoms with Crippen molar-refractivity contribution < 1.29 is 20.4 Å². The molecule has 0 amide bonds. The van der Waals surface area contributed by atoms with Crippen molar-refractivity contribution in [3.05, 3.63) is 60.7 Å². The Balaban J connectivity index is 1.87. The number of fused-ring (bicyclic) bond motifs is 1. The van der Waals surface area contributed by atoms with E-state index in [1.807, 2.05) is 24.3 Å². The molecule has 0 radical (unpaired) electrons. The smallest absolute Gasteiger partial charge is 0.200 e. The van der Waals surface area contributed by atoms with Gasteiger partial charge in [-0.05, 0) is 48.5 Å². The van der Waals surface area contributed by atoms with Crippen LogP contribution in [0.1, 0.15) is 0 Å². The lowest BCUT2D eigenvalue weighted by molar-refractivity contribution is 0.368. The predicted octanol–water partition coefficient (Wildman–Crippen LogP) is 3.86. The highest BCUT2D eigenvalue weighted by atomic mass is 16.3. The van der Waals surface area contributed by atoms with Gasteiger partial charge in [0.2, 0.25) is 0 Å². The number of anilines is 2. The van der Waals surface area contributed by atoms with Crippen LogP contribution in [0.3, 0.4) is 0 Å². The normalized spacial score (nSPS) is 10.8. The predicted molar refractivity (Wildman–Crippen MR) is 101 cm³/mol. The summed E-state index contributed by atoms with van der Waals surface area (Å²) >= 11 is 0. The van der Waals surface area contributed by atoms with Crippen molar-refractivity contribution in [2.75, 3.05) is 5.32 Å². The lowest BCUT2D eigenvalue weighted by Gasteiger charge is -2.12. The molecule has 7 heteroatoms. The van der Waals surface area contributed by atoms with Crippen LogP contribution in [0.4, 0.5) is 11.5 Å². The minimum Gasteiger partial charge on any atom is -0.508 e. The summed E-state index contributed by atoms with van der Waals surface area (Å²) in [6.07, 6.45) is 0. The van der Waals surface area contributed by atoms with Gasteiger partial charge in [-0.2, -0.15) is 0 Å². The van der Waals surface area contributed by atoms with Gasteiger partial charge in [0, 0.05) is 16.6 Å². The first-order valence-electron chi connectivity index (χ1n) is 8.09. The van der Waals surface area contributed by atoms with Gasteiger partial charge < -0.3 is 25.7 Å². The molecule has 27 heavy (non-hydrogen) atoms. The van der Waals surface area contributed by atoms with Gasteiger partial charge in [-0.25, -0.2) is 9.97 Å². The summed E-state index contributed by atoms with van der Waals surface area (Å²) in [5.74, 6) is -0.579. The van der Waals surface area contributed by atoms with Crippen LogP contribution in [0.5, 0.6) is 23.0 Å². The molecule has 0 bridgehead atoms. The molecule has 0 aliphatic rings. The Morgan fingerprint density at radius 2 is 1.41 bits per heavy atom. The fraction of sp³-hybridized carbons (Fsp3) is 0. The fourth-order valence-corrected chi connectivity index (χ4v) is 2.72. The van der Waals surface area contributed by atoms with Crippen molar-refractivity contribution in [2.45, 2.75) is 0 Å². The van der Waals surface area contributed by atoms with Crippen molar-refractivity contribution in [3.63, 3.8) is 0 Å². The fourth-order valence-electron chi connectivity index (χ4n) is 2.72. The number of nitrogens with one attached hydrogen (secondary N) is 1. The van der Waals surface area contributed by atoms with Gasteiger partial charge in [0.25, 0.3) is 0 Å². The van der Waals surface area contributed by atoms with E-state index >= 15 is 0 Å². The molecule has 4 aromatic rings. The van der Waals surface area contributed by atoms with E-state index in [4.69, 9.17) is 0 Å². The Labute approximate surface area is 153 Å². The largest absolute Gasteiger partial charge is 0.508 e. The van der Waals surface area contributed by atoms with Gasteiger partial charge in [-0.15, -0.1) is 0 Å². The molecule has 0 aliphatic carbocycles. The van der Waals surface area contributed by atoms with Gasteiger partial charge in [0.1, 0.15) is 11.6 Å². The number of aromatic nitrogens is 2. The highest BCUT2D eigenvalue weighted by molar-refractivity contribution is 5.92. The number of rotatable bonds is 3. The molecule has 0 spiro atoms. The SMILES string of the molecule is Oc1ccc(Nc2nc(-c3cc(O)c(O)c(O)c3)nc3ccccc23)cc1. The Hall–Kier alpha value is -4.00. The zero-order valence-corrected chi connectivity index (χ0v) is 14.0. The van der Waals surface area contributed by atoms with E-state index in [2.05, 4.69) is 15.3 Å². The summed E-state index contributed by atoms with van der Waals surface area (Å²) < 4.78 is 0. The molecular formula is C20H15N3O4. The highest BCUT2D eigenvalue weighted by Gasteiger charge is 2.14. The van der Waals surface area contributed by atoms with E-state index in [1.165, 1.54) is 12.1 Å². The molecule has 5 N–H and O–H groups in total. The molecule has 7 nitrogen and oxygen atoms in total. The molecule has 4 rings (SSSR count). The van der Waals surface area contributed by atoms with Crippen LogP contribution in [-0.4, -0.2) is 30.4 Å². The molecular weight excluding hydrogens is 346 g/mol. The first-order valence-corrected chi connectivity index (χ1v) is 8.09. The molecule has 1 heterocycles. The summed E-state index contributed by atoms with van der Waals surface area (Å²) in [7, 11) is 0. The van der Waals surface area contributed by atoms with E-state index < -0.39 is 17.2 Å². The van der Waals surface area contributed by atoms with Crippen molar-refractivity contribution in [3.8, 4) is 34.4 Å². The van der Waals surface area contributed by atoms with E-state index in [-0.39, 0.29) is 11.6 Å². The van der Waals surface area contributed by atoms with Crippen molar-refractivity contribution in [1.29, 1.82) is 0 Å². The zero-order valence-electron chi connectivity index (χ0n) is 14.0. The van der Waals surface area contributed by atoms with Gasteiger partial charge in [0.05, 0.1) is 5.52 Å². The van der Waals surface area contributed by atoms with Gasteiger partial charge >= 0.3 is 0 Å². The number of aromatic hydroxyl groups is 4. The highest BCUT2D eigenvalue weighted by Crippen LogP contribution is 2.39.